The van der Waals surface area contributed by atoms with E-state index in [2.05, 4.69) is 0 Å². The maximum atomic E-state index is 10.5. The van der Waals surface area contributed by atoms with E-state index in [0.717, 1.165) is 11.1 Å². The molecule has 45 heavy (non-hydrogen) atoms. The second-order valence-electron chi connectivity index (χ2n) is 9.70. The van der Waals surface area contributed by atoms with Crippen LogP contribution in [0.5, 0.6) is 46.0 Å². The van der Waals surface area contributed by atoms with E-state index in [9.17, 15) is 10.2 Å². The minimum absolute atomic E-state index is 0.153. The van der Waals surface area contributed by atoms with Gasteiger partial charge in [0.25, 0.3) is 0 Å². The lowest BCUT2D eigenvalue weighted by atomic mass is 10.1. The fourth-order valence-electron chi connectivity index (χ4n) is 4.84. The van der Waals surface area contributed by atoms with E-state index in [1.807, 2.05) is 48.6 Å². The zero-order valence-electron chi connectivity index (χ0n) is 26.1. The summed E-state index contributed by atoms with van der Waals surface area (Å²) in [5, 5.41) is 20.3. The third-order valence-electron chi connectivity index (χ3n) is 7.14. The number of ether oxygens (including phenoxy) is 6. The largest absolute Gasteiger partial charge is 0.507 e. The van der Waals surface area contributed by atoms with Crippen molar-refractivity contribution < 1.29 is 38.6 Å². The van der Waals surface area contributed by atoms with Crippen LogP contribution in [0.15, 0.2) is 84.9 Å². The lowest BCUT2D eigenvalue weighted by Crippen LogP contribution is -2.05. The first-order valence-corrected chi connectivity index (χ1v) is 15.0. The van der Waals surface area contributed by atoms with Crippen LogP contribution in [0.25, 0.3) is 12.2 Å². The average Bonchev–Trinajstić information content (AvgIpc) is 3.08. The Morgan fingerprint density at radius 3 is 1.13 bits per heavy atom. The van der Waals surface area contributed by atoms with Gasteiger partial charge in [0.1, 0.15) is 46.0 Å². The van der Waals surface area contributed by atoms with Crippen molar-refractivity contribution >= 4 is 23.9 Å². The highest BCUT2D eigenvalue weighted by molar-refractivity contribution is 8.00. The summed E-state index contributed by atoms with van der Waals surface area (Å²) in [4.78, 5) is 0. The molecular formula is C36H38O8S. The van der Waals surface area contributed by atoms with E-state index in [1.165, 1.54) is 0 Å². The number of rotatable bonds is 14. The van der Waals surface area contributed by atoms with Crippen molar-refractivity contribution in [3.8, 4) is 46.0 Å². The second kappa shape index (κ2) is 15.7. The molecule has 0 spiro atoms. The number of para-hydroxylation sites is 2. The topological polar surface area (TPSA) is 95.8 Å². The van der Waals surface area contributed by atoms with Gasteiger partial charge in [-0.25, -0.2) is 0 Å². The van der Waals surface area contributed by atoms with Crippen LogP contribution in [-0.2, 0) is 0 Å². The molecule has 4 aromatic carbocycles. The van der Waals surface area contributed by atoms with Gasteiger partial charge >= 0.3 is 0 Å². The van der Waals surface area contributed by atoms with Crippen molar-refractivity contribution in [3.63, 3.8) is 0 Å². The van der Waals surface area contributed by atoms with Gasteiger partial charge in [-0.1, -0.05) is 60.7 Å². The Bertz CT molecular complexity index is 1480. The van der Waals surface area contributed by atoms with Crippen LogP contribution in [-0.4, -0.2) is 52.9 Å². The van der Waals surface area contributed by atoms with Crippen LogP contribution in [0.2, 0.25) is 0 Å². The predicted molar refractivity (Wildman–Crippen MR) is 180 cm³/mol. The number of phenols is 2. The molecule has 0 aromatic heterocycles. The van der Waals surface area contributed by atoms with Gasteiger partial charge in [-0.05, 0) is 12.1 Å². The summed E-state index contributed by atoms with van der Waals surface area (Å²) >= 11 is 1.55. The molecule has 8 nitrogen and oxygen atoms in total. The molecule has 0 saturated heterocycles. The Morgan fingerprint density at radius 2 is 0.844 bits per heavy atom. The molecule has 2 atom stereocenters. The highest BCUT2D eigenvalue weighted by Crippen LogP contribution is 2.53. The third kappa shape index (κ3) is 7.80. The molecule has 4 rings (SSSR count). The molecule has 9 heteroatoms. The number of thioether (sulfide) groups is 1. The molecule has 0 aliphatic heterocycles. The quantitative estimate of drug-likeness (QED) is 0.143. The number of aromatic hydroxyl groups is 2. The Hall–Kier alpha value is -4.89. The van der Waals surface area contributed by atoms with Crippen molar-refractivity contribution in [2.24, 2.45) is 0 Å². The zero-order chi connectivity index (χ0) is 32.3. The molecule has 0 fully saturated rings. The van der Waals surface area contributed by atoms with Crippen LogP contribution in [0.3, 0.4) is 0 Å². The lowest BCUT2D eigenvalue weighted by molar-refractivity contribution is 0.369. The number of hydrogen-bond donors (Lipinski definition) is 2. The Kier molecular flexibility index (Phi) is 11.5. The summed E-state index contributed by atoms with van der Waals surface area (Å²) in [5.74, 6) is 3.70. The molecule has 0 heterocycles. The van der Waals surface area contributed by atoms with Crippen molar-refractivity contribution in [1.29, 1.82) is 0 Å². The number of phenolic OH excluding ortho intramolecular Hbond substituents is 2. The van der Waals surface area contributed by atoms with Gasteiger partial charge in [0.2, 0.25) is 0 Å². The Balaban J connectivity index is 1.96. The lowest BCUT2D eigenvalue weighted by Gasteiger charge is -2.26. The molecule has 0 aliphatic rings. The van der Waals surface area contributed by atoms with Crippen molar-refractivity contribution in [1.82, 2.24) is 0 Å². The molecule has 0 saturated carbocycles. The van der Waals surface area contributed by atoms with Gasteiger partial charge in [-0.15, -0.1) is 11.8 Å². The fraction of sp³-hybridized carbons (Fsp3) is 0.222. The summed E-state index contributed by atoms with van der Waals surface area (Å²) in [6, 6.07) is 21.4. The van der Waals surface area contributed by atoms with Gasteiger partial charge < -0.3 is 38.6 Å². The van der Waals surface area contributed by atoms with Crippen molar-refractivity contribution in [2.75, 3.05) is 42.7 Å². The maximum Gasteiger partial charge on any atom is 0.130 e. The highest BCUT2D eigenvalue weighted by Gasteiger charge is 2.28. The molecule has 2 unspecified atom stereocenters. The maximum absolute atomic E-state index is 10.5. The molecule has 2 N–H and O–H groups in total. The standard InChI is InChI=1S/C36H38O8S/c1-39-25-19-29(41-3)35(30(20-25)42-4)33(17-15-23-11-7-9-13-27(23)37)45-34(18-16-24-12-8-10-14-28(24)38)36-31(43-5)21-26(40-2)22-32(36)44-6/h7-22,33-34,37-38H,1-6H3/b17-15-,18-16-. The van der Waals surface area contributed by atoms with Crippen LogP contribution in [0.1, 0.15) is 32.8 Å². The monoisotopic (exact) mass is 630 g/mol. The van der Waals surface area contributed by atoms with Gasteiger partial charge in [-0.2, -0.15) is 0 Å². The van der Waals surface area contributed by atoms with Crippen LogP contribution < -0.4 is 28.4 Å². The van der Waals surface area contributed by atoms with E-state index in [4.69, 9.17) is 28.4 Å². The van der Waals surface area contributed by atoms with Gasteiger partial charge in [0.05, 0.1) is 64.3 Å². The normalized spacial score (nSPS) is 12.6. The Labute approximate surface area is 268 Å². The second-order valence-corrected chi connectivity index (χ2v) is 11.0. The summed E-state index contributed by atoms with van der Waals surface area (Å²) in [7, 11) is 9.55. The number of benzene rings is 4. The van der Waals surface area contributed by atoms with Crippen molar-refractivity contribution in [3.05, 3.63) is 107 Å². The van der Waals surface area contributed by atoms with E-state index in [1.54, 1.807) is 103 Å². The zero-order valence-corrected chi connectivity index (χ0v) is 27.0. The van der Waals surface area contributed by atoms with Crippen LogP contribution in [0, 0.1) is 0 Å². The smallest absolute Gasteiger partial charge is 0.130 e. The number of methoxy groups -OCH3 is 6. The van der Waals surface area contributed by atoms with E-state index >= 15 is 0 Å². The molecule has 0 amide bonds. The summed E-state index contributed by atoms with van der Waals surface area (Å²) in [6.45, 7) is 0. The Morgan fingerprint density at radius 1 is 0.511 bits per heavy atom. The molecule has 0 radical (unpaired) electrons. The number of hydrogen-bond acceptors (Lipinski definition) is 9. The molecule has 4 aromatic rings. The summed E-state index contributed by atoms with van der Waals surface area (Å²) in [6.07, 6.45) is 7.69. The minimum Gasteiger partial charge on any atom is -0.507 e. The van der Waals surface area contributed by atoms with Gasteiger partial charge in [0, 0.05) is 35.4 Å². The van der Waals surface area contributed by atoms with Crippen LogP contribution >= 0.6 is 11.8 Å². The molecular weight excluding hydrogens is 592 g/mol. The summed E-state index contributed by atoms with van der Waals surface area (Å²) < 4.78 is 34.5. The predicted octanol–water partition coefficient (Wildman–Crippen LogP) is 8.09. The average molecular weight is 631 g/mol. The SMILES string of the molecule is COc1cc(OC)c(C(/C=C\c2ccccc2O)SC(/C=C\c2ccccc2O)c2c(OC)cc(OC)cc2OC)c(OC)c1. The minimum atomic E-state index is -0.407. The first kappa shape index (κ1) is 33.0. The first-order chi connectivity index (χ1) is 21.9. The molecule has 236 valence electrons. The first-order valence-electron chi connectivity index (χ1n) is 14.0. The van der Waals surface area contributed by atoms with Crippen molar-refractivity contribution in [2.45, 2.75) is 10.5 Å². The van der Waals surface area contributed by atoms with E-state index in [0.29, 0.717) is 45.6 Å². The van der Waals surface area contributed by atoms with E-state index < -0.39 is 10.5 Å². The summed E-state index contributed by atoms with van der Waals surface area (Å²) in [5.41, 5.74) is 2.81. The molecule has 0 aliphatic carbocycles. The fourth-order valence-corrected chi connectivity index (χ4v) is 6.23. The van der Waals surface area contributed by atoms with E-state index in [-0.39, 0.29) is 11.5 Å². The highest BCUT2D eigenvalue weighted by atomic mass is 32.2. The van der Waals surface area contributed by atoms with Crippen LogP contribution in [0.4, 0.5) is 0 Å². The van der Waals surface area contributed by atoms with Gasteiger partial charge in [-0.3, -0.25) is 0 Å². The third-order valence-corrected chi connectivity index (χ3v) is 8.52. The van der Waals surface area contributed by atoms with Gasteiger partial charge in [0.15, 0.2) is 0 Å². The molecule has 0 bridgehead atoms.